The zero-order chi connectivity index (χ0) is 24.2. The maximum Gasteiger partial charge on any atom is 0.280 e. The Hall–Kier alpha value is -2.61. The quantitative estimate of drug-likeness (QED) is 0.404. The molecule has 1 aromatic heterocycles. The summed E-state index contributed by atoms with van der Waals surface area (Å²) >= 11 is 13.4. The van der Waals surface area contributed by atoms with E-state index in [4.69, 9.17) is 27.9 Å². The number of nitrogens with zero attached hydrogens (tertiary/aromatic N) is 2. The molecule has 2 amide bonds. The Morgan fingerprint density at radius 3 is 2.47 bits per heavy atom. The van der Waals surface area contributed by atoms with Gasteiger partial charge in [0.25, 0.3) is 5.91 Å². The van der Waals surface area contributed by atoms with Crippen molar-refractivity contribution in [2.75, 3.05) is 12.0 Å². The fraction of sp³-hybridized carbons (Fsp3) is 0.320. The molecule has 178 valence electrons. The van der Waals surface area contributed by atoms with E-state index in [-0.39, 0.29) is 27.0 Å². The van der Waals surface area contributed by atoms with Crippen molar-refractivity contribution in [3.63, 3.8) is 0 Å². The predicted molar refractivity (Wildman–Crippen MR) is 136 cm³/mol. The minimum atomic E-state index is -0.947. The second-order valence-corrected chi connectivity index (χ2v) is 10.1. The SMILES string of the molecule is COc1cccc(N(C(=O)c2nsc(Cl)c2Cl)C(C(=O)NC2CCCC2)c2ccc(C)cc2)c1. The molecule has 0 bridgehead atoms. The van der Waals surface area contributed by atoms with Crippen LogP contribution in [0.3, 0.4) is 0 Å². The topological polar surface area (TPSA) is 71.5 Å². The maximum absolute atomic E-state index is 13.9. The van der Waals surface area contributed by atoms with Crippen LogP contribution >= 0.6 is 34.7 Å². The van der Waals surface area contributed by atoms with Gasteiger partial charge in [-0.1, -0.05) is 71.9 Å². The molecule has 2 aromatic carbocycles. The van der Waals surface area contributed by atoms with Gasteiger partial charge in [0.05, 0.1) is 7.11 Å². The number of rotatable bonds is 7. The van der Waals surface area contributed by atoms with Gasteiger partial charge in [0.1, 0.15) is 21.2 Å². The first-order chi connectivity index (χ1) is 16.4. The Bertz CT molecular complexity index is 1180. The van der Waals surface area contributed by atoms with Gasteiger partial charge in [-0.3, -0.25) is 14.5 Å². The highest BCUT2D eigenvalue weighted by molar-refractivity contribution is 7.11. The molecule has 0 saturated heterocycles. The molecule has 1 atom stereocenters. The second kappa shape index (κ2) is 10.8. The molecule has 6 nitrogen and oxygen atoms in total. The van der Waals surface area contributed by atoms with Crippen molar-refractivity contribution in [2.24, 2.45) is 0 Å². The number of carbonyl (C=O) groups is 2. The molecule has 34 heavy (non-hydrogen) atoms. The van der Waals surface area contributed by atoms with Gasteiger partial charge in [0, 0.05) is 17.8 Å². The fourth-order valence-corrected chi connectivity index (χ4v) is 5.15. The average molecular weight is 518 g/mol. The zero-order valence-electron chi connectivity index (χ0n) is 18.9. The smallest absolute Gasteiger partial charge is 0.280 e. The molecule has 1 aliphatic carbocycles. The summed E-state index contributed by atoms with van der Waals surface area (Å²) in [6, 6.07) is 13.7. The van der Waals surface area contributed by atoms with E-state index in [0.29, 0.717) is 17.0 Å². The fourth-order valence-electron chi connectivity index (χ4n) is 4.17. The molecule has 1 fully saturated rings. The maximum atomic E-state index is 13.9. The van der Waals surface area contributed by atoms with Gasteiger partial charge >= 0.3 is 0 Å². The third kappa shape index (κ3) is 5.22. The molecular weight excluding hydrogens is 493 g/mol. The molecule has 4 rings (SSSR count). The number of nitrogens with one attached hydrogen (secondary N) is 1. The molecule has 3 aromatic rings. The first kappa shape index (κ1) is 24.5. The van der Waals surface area contributed by atoms with E-state index in [9.17, 15) is 9.59 Å². The summed E-state index contributed by atoms with van der Waals surface area (Å²) in [5, 5.41) is 3.23. The summed E-state index contributed by atoms with van der Waals surface area (Å²) in [4.78, 5) is 29.1. The van der Waals surface area contributed by atoms with E-state index in [1.165, 1.54) is 4.90 Å². The van der Waals surface area contributed by atoms with Gasteiger partial charge in [-0.15, -0.1) is 0 Å². The van der Waals surface area contributed by atoms with E-state index in [1.807, 2.05) is 31.2 Å². The number of amides is 2. The average Bonchev–Trinajstić information content (AvgIpc) is 3.47. The van der Waals surface area contributed by atoms with E-state index >= 15 is 0 Å². The second-order valence-electron chi connectivity index (χ2n) is 8.30. The molecule has 1 heterocycles. The van der Waals surface area contributed by atoms with Gasteiger partial charge in [0.15, 0.2) is 5.69 Å². The van der Waals surface area contributed by atoms with Crippen molar-refractivity contribution in [1.82, 2.24) is 9.69 Å². The first-order valence-corrected chi connectivity index (χ1v) is 12.6. The number of carbonyl (C=O) groups excluding carboxylic acids is 2. The highest BCUT2D eigenvalue weighted by atomic mass is 35.5. The van der Waals surface area contributed by atoms with Crippen LogP contribution in [0.2, 0.25) is 9.36 Å². The van der Waals surface area contributed by atoms with E-state index in [0.717, 1.165) is 42.8 Å². The first-order valence-electron chi connectivity index (χ1n) is 11.0. The van der Waals surface area contributed by atoms with Gasteiger partial charge in [-0.05, 0) is 49.0 Å². The minimum absolute atomic E-state index is 0.00487. The van der Waals surface area contributed by atoms with E-state index < -0.39 is 11.9 Å². The van der Waals surface area contributed by atoms with Crippen LogP contribution < -0.4 is 15.0 Å². The van der Waals surface area contributed by atoms with Gasteiger partial charge in [-0.2, -0.15) is 4.37 Å². The lowest BCUT2D eigenvalue weighted by Gasteiger charge is -2.32. The number of benzene rings is 2. The molecule has 0 aliphatic heterocycles. The van der Waals surface area contributed by atoms with Crippen LogP contribution in [-0.4, -0.2) is 29.3 Å². The van der Waals surface area contributed by atoms with Crippen LogP contribution in [0.5, 0.6) is 5.75 Å². The normalized spacial score (nSPS) is 14.6. The third-order valence-corrected chi connectivity index (χ3v) is 7.56. The molecular formula is C25H25Cl2N3O3S. The summed E-state index contributed by atoms with van der Waals surface area (Å²) < 4.78 is 9.79. The van der Waals surface area contributed by atoms with E-state index in [2.05, 4.69) is 9.69 Å². The number of methoxy groups -OCH3 is 1. The van der Waals surface area contributed by atoms with Crippen molar-refractivity contribution >= 4 is 52.2 Å². The Labute approximate surface area is 213 Å². The molecule has 9 heteroatoms. The lowest BCUT2D eigenvalue weighted by atomic mass is 10.0. The standard InChI is InChI=1S/C25H25Cl2N3O3S/c1-15-10-12-16(13-11-15)22(24(31)28-17-6-3-4-7-17)30(18-8-5-9-19(14-18)33-2)25(32)21-20(26)23(27)34-29-21/h5,8-14,17,22H,3-4,6-7H2,1-2H3,(H,28,31). The van der Waals surface area contributed by atoms with Gasteiger partial charge in [-0.25, -0.2) is 0 Å². The van der Waals surface area contributed by atoms with Crippen LogP contribution in [0.1, 0.15) is 53.3 Å². The van der Waals surface area contributed by atoms with Crippen LogP contribution in [0.15, 0.2) is 48.5 Å². The van der Waals surface area contributed by atoms with Crippen molar-refractivity contribution < 1.29 is 14.3 Å². The summed E-state index contributed by atoms with van der Waals surface area (Å²) in [6.07, 6.45) is 4.00. The minimum Gasteiger partial charge on any atom is -0.497 e. The number of hydrogen-bond acceptors (Lipinski definition) is 5. The lowest BCUT2D eigenvalue weighted by Crippen LogP contribution is -2.46. The molecule has 1 unspecified atom stereocenters. The Kier molecular flexibility index (Phi) is 7.76. The van der Waals surface area contributed by atoms with Crippen molar-refractivity contribution in [2.45, 2.75) is 44.7 Å². The van der Waals surface area contributed by atoms with Gasteiger partial charge in [0.2, 0.25) is 5.91 Å². The zero-order valence-corrected chi connectivity index (χ0v) is 21.2. The Morgan fingerprint density at radius 1 is 1.15 bits per heavy atom. The van der Waals surface area contributed by atoms with Crippen LogP contribution in [0, 0.1) is 6.92 Å². The summed E-state index contributed by atoms with van der Waals surface area (Å²) in [7, 11) is 1.55. The Balaban J connectivity index is 1.85. The van der Waals surface area contributed by atoms with Crippen molar-refractivity contribution in [1.29, 1.82) is 0 Å². The number of ether oxygens (including phenoxy) is 1. The molecule has 0 radical (unpaired) electrons. The largest absolute Gasteiger partial charge is 0.497 e. The number of anilines is 1. The summed E-state index contributed by atoms with van der Waals surface area (Å²) in [6.45, 7) is 1.97. The summed E-state index contributed by atoms with van der Waals surface area (Å²) in [5.41, 5.74) is 2.21. The highest BCUT2D eigenvalue weighted by Crippen LogP contribution is 2.36. The molecule has 0 spiro atoms. The molecule has 1 aliphatic rings. The van der Waals surface area contributed by atoms with Crippen LogP contribution in [-0.2, 0) is 4.79 Å². The number of aryl methyl sites for hydroxylation is 1. The monoisotopic (exact) mass is 517 g/mol. The number of halogens is 2. The molecule has 1 N–H and O–H groups in total. The predicted octanol–water partition coefficient (Wildman–Crippen LogP) is 6.21. The highest BCUT2D eigenvalue weighted by Gasteiger charge is 2.37. The molecule has 1 saturated carbocycles. The number of aromatic nitrogens is 1. The lowest BCUT2D eigenvalue weighted by molar-refractivity contribution is -0.123. The van der Waals surface area contributed by atoms with Gasteiger partial charge < -0.3 is 10.1 Å². The third-order valence-electron chi connectivity index (χ3n) is 5.95. The van der Waals surface area contributed by atoms with Crippen molar-refractivity contribution in [3.05, 3.63) is 74.7 Å². The van der Waals surface area contributed by atoms with Crippen LogP contribution in [0.4, 0.5) is 5.69 Å². The summed E-state index contributed by atoms with van der Waals surface area (Å²) in [5.74, 6) is -0.227. The Morgan fingerprint density at radius 2 is 1.85 bits per heavy atom. The number of hydrogen-bond donors (Lipinski definition) is 1. The van der Waals surface area contributed by atoms with E-state index in [1.54, 1.807) is 31.4 Å². The van der Waals surface area contributed by atoms with Crippen molar-refractivity contribution in [3.8, 4) is 5.75 Å². The van der Waals surface area contributed by atoms with Crippen LogP contribution in [0.25, 0.3) is 0 Å².